The van der Waals surface area contributed by atoms with Gasteiger partial charge >= 0.3 is 0 Å². The predicted octanol–water partition coefficient (Wildman–Crippen LogP) is 1.20. The van der Waals surface area contributed by atoms with Crippen LogP contribution in [-0.4, -0.2) is 23.6 Å². The Balaban J connectivity index is 1.91. The number of aromatic amines is 1. The van der Waals surface area contributed by atoms with Crippen LogP contribution in [0.1, 0.15) is 11.4 Å². The second-order valence-electron chi connectivity index (χ2n) is 4.47. The third-order valence-corrected chi connectivity index (χ3v) is 3.64. The van der Waals surface area contributed by atoms with Gasteiger partial charge in [0.1, 0.15) is 5.82 Å². The SMILES string of the molecule is NS(=O)(=O)c1n[nH]c(Cc2ccc3ccccc3c2)n1. The first kappa shape index (κ1) is 12.8. The van der Waals surface area contributed by atoms with E-state index in [4.69, 9.17) is 5.14 Å². The lowest BCUT2D eigenvalue weighted by Crippen LogP contribution is -2.13. The zero-order chi connectivity index (χ0) is 14.2. The maximum absolute atomic E-state index is 11.1. The van der Waals surface area contributed by atoms with Gasteiger partial charge in [0.05, 0.1) is 0 Å². The van der Waals surface area contributed by atoms with Gasteiger partial charge in [-0.3, -0.25) is 5.10 Å². The number of primary sulfonamides is 1. The summed E-state index contributed by atoms with van der Waals surface area (Å²) < 4.78 is 22.2. The van der Waals surface area contributed by atoms with Crippen molar-refractivity contribution in [2.24, 2.45) is 5.14 Å². The number of hydrogen-bond acceptors (Lipinski definition) is 4. The van der Waals surface area contributed by atoms with Crippen molar-refractivity contribution in [3.8, 4) is 0 Å². The molecule has 1 aromatic heterocycles. The van der Waals surface area contributed by atoms with Crippen molar-refractivity contribution in [1.82, 2.24) is 15.2 Å². The fourth-order valence-corrected chi connectivity index (χ4v) is 2.44. The lowest BCUT2D eigenvalue weighted by molar-refractivity contribution is 0.589. The summed E-state index contributed by atoms with van der Waals surface area (Å²) in [4.78, 5) is 3.88. The Morgan fingerprint density at radius 1 is 1.10 bits per heavy atom. The average Bonchev–Trinajstić information content (AvgIpc) is 2.87. The van der Waals surface area contributed by atoms with Gasteiger partial charge in [-0.25, -0.2) is 18.5 Å². The van der Waals surface area contributed by atoms with Crippen LogP contribution in [0.25, 0.3) is 10.8 Å². The van der Waals surface area contributed by atoms with Crippen LogP contribution in [0, 0.1) is 0 Å². The first-order valence-corrected chi connectivity index (χ1v) is 7.49. The summed E-state index contributed by atoms with van der Waals surface area (Å²) >= 11 is 0. The molecule has 6 nitrogen and oxygen atoms in total. The zero-order valence-corrected chi connectivity index (χ0v) is 11.3. The number of sulfonamides is 1. The summed E-state index contributed by atoms with van der Waals surface area (Å²) in [6.45, 7) is 0. The quantitative estimate of drug-likeness (QED) is 0.755. The molecule has 0 aliphatic carbocycles. The second kappa shape index (κ2) is 4.69. The van der Waals surface area contributed by atoms with E-state index in [1.165, 1.54) is 0 Å². The highest BCUT2D eigenvalue weighted by Gasteiger charge is 2.14. The number of benzene rings is 2. The number of H-pyrrole nitrogens is 1. The summed E-state index contributed by atoms with van der Waals surface area (Å²) in [5.74, 6) is 0.462. The van der Waals surface area contributed by atoms with Crippen LogP contribution < -0.4 is 5.14 Å². The molecule has 0 unspecified atom stereocenters. The molecule has 0 aliphatic heterocycles. The number of nitrogens with zero attached hydrogens (tertiary/aromatic N) is 2. The van der Waals surface area contributed by atoms with Gasteiger partial charge in [-0.05, 0) is 16.3 Å². The largest absolute Gasteiger partial charge is 0.282 e. The molecule has 3 aromatic rings. The summed E-state index contributed by atoms with van der Waals surface area (Å²) in [5.41, 5.74) is 1.01. The molecule has 7 heteroatoms. The minimum Gasteiger partial charge on any atom is -0.262 e. The highest BCUT2D eigenvalue weighted by molar-refractivity contribution is 7.89. The minimum atomic E-state index is -3.86. The van der Waals surface area contributed by atoms with E-state index in [-0.39, 0.29) is 5.16 Å². The molecular formula is C13H12N4O2S. The van der Waals surface area contributed by atoms with Gasteiger partial charge in [-0.1, -0.05) is 42.5 Å². The maximum Gasteiger partial charge on any atom is 0.282 e. The van der Waals surface area contributed by atoms with Crippen molar-refractivity contribution < 1.29 is 8.42 Å². The monoisotopic (exact) mass is 288 g/mol. The standard InChI is InChI=1S/C13H12N4O2S/c14-20(18,19)13-15-12(16-17-13)8-9-5-6-10-3-1-2-4-11(10)7-9/h1-7H,8H2,(H2,14,18,19)(H,15,16,17). The van der Waals surface area contributed by atoms with E-state index < -0.39 is 10.0 Å². The Morgan fingerprint density at radius 3 is 2.55 bits per heavy atom. The van der Waals surface area contributed by atoms with Gasteiger partial charge in [0, 0.05) is 6.42 Å². The zero-order valence-electron chi connectivity index (χ0n) is 10.4. The molecule has 0 fully saturated rings. The number of fused-ring (bicyclic) bond motifs is 1. The summed E-state index contributed by atoms with van der Waals surface area (Å²) in [6, 6.07) is 14.0. The smallest absolute Gasteiger partial charge is 0.262 e. The highest BCUT2D eigenvalue weighted by atomic mass is 32.2. The third-order valence-electron chi connectivity index (χ3n) is 2.95. The van der Waals surface area contributed by atoms with E-state index in [0.717, 1.165) is 16.3 Å². The van der Waals surface area contributed by atoms with Gasteiger partial charge in [0.15, 0.2) is 0 Å². The van der Waals surface area contributed by atoms with Crippen LogP contribution in [0.2, 0.25) is 0 Å². The first-order chi connectivity index (χ1) is 9.52. The Hall–Kier alpha value is -2.25. The van der Waals surface area contributed by atoms with Crippen LogP contribution in [0.4, 0.5) is 0 Å². The number of rotatable bonds is 3. The molecule has 2 aromatic carbocycles. The summed E-state index contributed by atoms with van der Waals surface area (Å²) in [5, 5.41) is 13.0. The van der Waals surface area contributed by atoms with E-state index in [0.29, 0.717) is 12.2 Å². The van der Waals surface area contributed by atoms with Gasteiger partial charge < -0.3 is 0 Å². The van der Waals surface area contributed by atoms with Crippen molar-refractivity contribution in [2.45, 2.75) is 11.6 Å². The molecule has 3 N–H and O–H groups in total. The van der Waals surface area contributed by atoms with E-state index >= 15 is 0 Å². The molecule has 0 radical (unpaired) electrons. The molecule has 102 valence electrons. The number of hydrogen-bond donors (Lipinski definition) is 2. The molecule has 3 rings (SSSR count). The maximum atomic E-state index is 11.1. The first-order valence-electron chi connectivity index (χ1n) is 5.94. The molecule has 0 bridgehead atoms. The number of nitrogens with two attached hydrogens (primary N) is 1. The van der Waals surface area contributed by atoms with Crippen LogP contribution in [0.3, 0.4) is 0 Å². The topological polar surface area (TPSA) is 102 Å². The Kier molecular flexibility index (Phi) is 3.00. The minimum absolute atomic E-state index is 0.381. The van der Waals surface area contributed by atoms with Gasteiger partial charge in [-0.2, -0.15) is 0 Å². The van der Waals surface area contributed by atoms with E-state index in [1.54, 1.807) is 0 Å². The van der Waals surface area contributed by atoms with Gasteiger partial charge in [0.2, 0.25) is 0 Å². The predicted molar refractivity (Wildman–Crippen MR) is 74.5 cm³/mol. The van der Waals surface area contributed by atoms with Gasteiger partial charge in [-0.15, -0.1) is 5.10 Å². The molecule has 0 saturated carbocycles. The van der Waals surface area contributed by atoms with Crippen LogP contribution in [-0.2, 0) is 16.4 Å². The molecule has 1 heterocycles. The Morgan fingerprint density at radius 2 is 1.85 bits per heavy atom. The van der Waals surface area contributed by atoms with E-state index in [9.17, 15) is 8.42 Å². The normalized spacial score (nSPS) is 11.8. The molecule has 0 spiro atoms. The van der Waals surface area contributed by atoms with Crippen molar-refractivity contribution in [2.75, 3.05) is 0 Å². The van der Waals surface area contributed by atoms with Crippen molar-refractivity contribution >= 4 is 20.8 Å². The van der Waals surface area contributed by atoms with E-state index in [2.05, 4.69) is 15.2 Å². The fraction of sp³-hybridized carbons (Fsp3) is 0.0769. The summed E-state index contributed by atoms with van der Waals surface area (Å²) in [7, 11) is -3.86. The van der Waals surface area contributed by atoms with E-state index in [1.807, 2.05) is 42.5 Å². The fourth-order valence-electron chi connectivity index (χ4n) is 2.03. The Bertz CT molecular complexity index is 871. The van der Waals surface area contributed by atoms with Crippen molar-refractivity contribution in [1.29, 1.82) is 0 Å². The molecule has 0 aliphatic rings. The lowest BCUT2D eigenvalue weighted by atomic mass is 10.1. The average molecular weight is 288 g/mol. The molecule has 0 amide bonds. The third kappa shape index (κ3) is 2.54. The van der Waals surface area contributed by atoms with Crippen LogP contribution in [0.15, 0.2) is 47.6 Å². The lowest BCUT2D eigenvalue weighted by Gasteiger charge is -2.01. The van der Waals surface area contributed by atoms with Gasteiger partial charge in [0.25, 0.3) is 15.2 Å². The highest BCUT2D eigenvalue weighted by Crippen LogP contribution is 2.17. The van der Waals surface area contributed by atoms with Crippen molar-refractivity contribution in [3.63, 3.8) is 0 Å². The Labute approximate surface area is 115 Å². The number of aromatic nitrogens is 3. The molecule has 0 atom stereocenters. The van der Waals surface area contributed by atoms with Crippen LogP contribution >= 0.6 is 0 Å². The molecule has 0 saturated heterocycles. The second-order valence-corrected chi connectivity index (χ2v) is 5.92. The number of nitrogens with one attached hydrogen (secondary N) is 1. The molecular weight excluding hydrogens is 276 g/mol. The summed E-state index contributed by atoms with van der Waals surface area (Å²) in [6.07, 6.45) is 0.466. The molecule has 20 heavy (non-hydrogen) atoms. The van der Waals surface area contributed by atoms with Crippen LogP contribution in [0.5, 0.6) is 0 Å². The van der Waals surface area contributed by atoms with Crippen molar-refractivity contribution in [3.05, 3.63) is 53.9 Å².